The summed E-state index contributed by atoms with van der Waals surface area (Å²) in [6.45, 7) is 0. The fourth-order valence-corrected chi connectivity index (χ4v) is 2.79. The molecule has 0 amide bonds. The van der Waals surface area contributed by atoms with Crippen LogP contribution in [0.1, 0.15) is 38.1 Å². The van der Waals surface area contributed by atoms with Gasteiger partial charge in [-0.3, -0.25) is 0 Å². The van der Waals surface area contributed by atoms with E-state index in [2.05, 4.69) is 14.5 Å². The van der Waals surface area contributed by atoms with Crippen molar-refractivity contribution in [2.24, 2.45) is 0 Å². The van der Waals surface area contributed by atoms with Crippen molar-refractivity contribution in [1.82, 2.24) is 14.5 Å². The summed E-state index contributed by atoms with van der Waals surface area (Å²) in [5.74, 6) is 0.559. The van der Waals surface area contributed by atoms with Crippen molar-refractivity contribution in [3.05, 3.63) is 30.9 Å². The third-order valence-corrected chi connectivity index (χ3v) is 3.71. The van der Waals surface area contributed by atoms with Crippen LogP contribution in [0, 0.1) is 0 Å². The van der Waals surface area contributed by atoms with Crippen LogP contribution < -0.4 is 5.73 Å². The summed E-state index contributed by atoms with van der Waals surface area (Å²) in [7, 11) is 0. The Balaban J connectivity index is 1.95. The highest BCUT2D eigenvalue weighted by Crippen LogP contribution is 2.32. The largest absolute Gasteiger partial charge is 0.384 e. The van der Waals surface area contributed by atoms with Gasteiger partial charge < -0.3 is 10.3 Å². The summed E-state index contributed by atoms with van der Waals surface area (Å²) in [6.07, 6.45) is 12.1. The highest BCUT2D eigenvalue weighted by Gasteiger charge is 2.18. The Hall–Kier alpha value is -1.84. The van der Waals surface area contributed by atoms with Crippen LogP contribution in [-0.4, -0.2) is 14.5 Å². The van der Waals surface area contributed by atoms with Crippen LogP contribution in [0.15, 0.2) is 30.9 Å². The zero-order valence-electron chi connectivity index (χ0n) is 10.4. The maximum absolute atomic E-state index is 5.75. The van der Waals surface area contributed by atoms with Crippen molar-refractivity contribution < 1.29 is 0 Å². The van der Waals surface area contributed by atoms with Crippen LogP contribution in [0.4, 0.5) is 5.82 Å². The van der Waals surface area contributed by atoms with Gasteiger partial charge in [-0.2, -0.15) is 0 Å². The molecule has 0 atom stereocenters. The second kappa shape index (κ2) is 4.80. The van der Waals surface area contributed by atoms with Gasteiger partial charge in [0.15, 0.2) is 0 Å². The minimum Gasteiger partial charge on any atom is -0.384 e. The molecule has 1 fully saturated rings. The molecule has 0 unspecified atom stereocenters. The molecular weight excluding hydrogens is 224 g/mol. The normalized spacial score (nSPS) is 16.9. The molecule has 1 aliphatic carbocycles. The number of anilines is 1. The first-order valence-corrected chi connectivity index (χ1v) is 6.58. The standard InChI is InChI=1S/C14H18N4/c15-14-8-11(6-7-17-14)13-9-16-10-18(13)12-4-2-1-3-5-12/h6-10,12H,1-5H2,(H2,15,17). The van der Waals surface area contributed by atoms with Crippen molar-refractivity contribution in [3.63, 3.8) is 0 Å². The lowest BCUT2D eigenvalue weighted by molar-refractivity contribution is 0.355. The molecule has 4 heteroatoms. The fraction of sp³-hybridized carbons (Fsp3) is 0.429. The molecule has 3 rings (SSSR count). The smallest absolute Gasteiger partial charge is 0.123 e. The molecule has 2 aromatic heterocycles. The van der Waals surface area contributed by atoms with E-state index in [-0.39, 0.29) is 0 Å². The Morgan fingerprint density at radius 2 is 2.06 bits per heavy atom. The van der Waals surface area contributed by atoms with Gasteiger partial charge in [0.1, 0.15) is 5.82 Å². The number of pyridine rings is 1. The molecule has 1 saturated carbocycles. The Morgan fingerprint density at radius 3 is 2.83 bits per heavy atom. The van der Waals surface area contributed by atoms with Gasteiger partial charge in [-0.1, -0.05) is 19.3 Å². The van der Waals surface area contributed by atoms with Gasteiger partial charge in [0, 0.05) is 17.8 Å². The van der Waals surface area contributed by atoms with E-state index in [0.717, 1.165) is 11.3 Å². The summed E-state index contributed by atoms with van der Waals surface area (Å²) >= 11 is 0. The minimum absolute atomic E-state index is 0.559. The van der Waals surface area contributed by atoms with Crippen molar-refractivity contribution in [2.75, 3.05) is 5.73 Å². The molecule has 0 spiro atoms. The molecule has 4 nitrogen and oxygen atoms in total. The average Bonchev–Trinajstić information content (AvgIpc) is 2.89. The molecule has 0 aromatic carbocycles. The second-order valence-electron chi connectivity index (χ2n) is 4.95. The van der Waals surface area contributed by atoms with E-state index in [1.165, 1.54) is 32.1 Å². The number of nitrogens with zero attached hydrogens (tertiary/aromatic N) is 3. The van der Waals surface area contributed by atoms with Crippen molar-refractivity contribution in [2.45, 2.75) is 38.1 Å². The summed E-state index contributed by atoms with van der Waals surface area (Å²) in [4.78, 5) is 8.35. The molecule has 2 N–H and O–H groups in total. The lowest BCUT2D eigenvalue weighted by Crippen LogP contribution is -2.12. The highest BCUT2D eigenvalue weighted by atomic mass is 15.1. The number of hydrogen-bond acceptors (Lipinski definition) is 3. The zero-order chi connectivity index (χ0) is 12.4. The van der Waals surface area contributed by atoms with Gasteiger partial charge in [0.25, 0.3) is 0 Å². The molecule has 0 aliphatic heterocycles. The first-order valence-electron chi connectivity index (χ1n) is 6.58. The van der Waals surface area contributed by atoms with E-state index in [0.29, 0.717) is 11.9 Å². The van der Waals surface area contributed by atoms with Crippen LogP contribution in [0.3, 0.4) is 0 Å². The molecule has 0 radical (unpaired) electrons. The number of hydrogen-bond donors (Lipinski definition) is 1. The van der Waals surface area contributed by atoms with Gasteiger partial charge in [-0.05, 0) is 25.0 Å². The van der Waals surface area contributed by atoms with Gasteiger partial charge in [0.05, 0.1) is 18.2 Å². The molecule has 0 saturated heterocycles. The summed E-state index contributed by atoms with van der Waals surface area (Å²) in [5.41, 5.74) is 8.00. The van der Waals surface area contributed by atoms with E-state index in [9.17, 15) is 0 Å². The predicted octanol–water partition coefficient (Wildman–Crippen LogP) is 3.03. The van der Waals surface area contributed by atoms with Crippen LogP contribution in [0.25, 0.3) is 11.3 Å². The van der Waals surface area contributed by atoms with Crippen LogP contribution >= 0.6 is 0 Å². The third-order valence-electron chi connectivity index (χ3n) is 3.71. The highest BCUT2D eigenvalue weighted by molar-refractivity contribution is 5.61. The lowest BCUT2D eigenvalue weighted by atomic mass is 9.95. The van der Waals surface area contributed by atoms with E-state index >= 15 is 0 Å². The Labute approximate surface area is 107 Å². The molecule has 2 aromatic rings. The third kappa shape index (κ3) is 2.10. The Kier molecular flexibility index (Phi) is 3.00. The molecule has 2 heterocycles. The maximum Gasteiger partial charge on any atom is 0.123 e. The van der Waals surface area contributed by atoms with Crippen LogP contribution in [-0.2, 0) is 0 Å². The zero-order valence-corrected chi connectivity index (χ0v) is 10.4. The van der Waals surface area contributed by atoms with Gasteiger partial charge in [-0.25, -0.2) is 9.97 Å². The van der Waals surface area contributed by atoms with Gasteiger partial charge in [-0.15, -0.1) is 0 Å². The van der Waals surface area contributed by atoms with Gasteiger partial charge >= 0.3 is 0 Å². The number of nitrogens with two attached hydrogens (primary N) is 1. The fourth-order valence-electron chi connectivity index (χ4n) is 2.79. The number of nitrogen functional groups attached to an aromatic ring is 1. The second-order valence-corrected chi connectivity index (χ2v) is 4.95. The van der Waals surface area contributed by atoms with E-state index in [4.69, 9.17) is 5.73 Å². The summed E-state index contributed by atoms with van der Waals surface area (Å²) < 4.78 is 2.30. The lowest BCUT2D eigenvalue weighted by Gasteiger charge is -2.24. The minimum atomic E-state index is 0.559. The average molecular weight is 242 g/mol. The Bertz CT molecular complexity index is 526. The van der Waals surface area contributed by atoms with E-state index in [1.54, 1.807) is 6.20 Å². The quantitative estimate of drug-likeness (QED) is 0.880. The molecular formula is C14H18N4. The molecule has 1 aliphatic rings. The van der Waals surface area contributed by atoms with E-state index < -0.39 is 0 Å². The SMILES string of the molecule is Nc1cc(-c2cncn2C2CCCCC2)ccn1. The molecule has 18 heavy (non-hydrogen) atoms. The van der Waals surface area contributed by atoms with Crippen molar-refractivity contribution in [1.29, 1.82) is 0 Å². The first kappa shape index (κ1) is 11.3. The number of imidazole rings is 1. The van der Waals surface area contributed by atoms with E-state index in [1.807, 2.05) is 24.7 Å². The van der Waals surface area contributed by atoms with Crippen molar-refractivity contribution in [3.8, 4) is 11.3 Å². The van der Waals surface area contributed by atoms with Crippen molar-refractivity contribution >= 4 is 5.82 Å². The topological polar surface area (TPSA) is 56.7 Å². The molecule has 94 valence electrons. The van der Waals surface area contributed by atoms with Crippen LogP contribution in [0.2, 0.25) is 0 Å². The number of aromatic nitrogens is 3. The summed E-state index contributed by atoms with van der Waals surface area (Å²) in [5, 5.41) is 0. The first-order chi connectivity index (χ1) is 8.84. The predicted molar refractivity (Wildman–Crippen MR) is 72.0 cm³/mol. The van der Waals surface area contributed by atoms with Crippen LogP contribution in [0.5, 0.6) is 0 Å². The Morgan fingerprint density at radius 1 is 1.22 bits per heavy atom. The number of rotatable bonds is 2. The maximum atomic E-state index is 5.75. The summed E-state index contributed by atoms with van der Waals surface area (Å²) in [6, 6.07) is 4.49. The van der Waals surface area contributed by atoms with Gasteiger partial charge in [0.2, 0.25) is 0 Å². The molecule has 0 bridgehead atoms. The monoisotopic (exact) mass is 242 g/mol.